The van der Waals surface area contributed by atoms with Crippen LogP contribution in [0, 0.1) is 5.92 Å². The van der Waals surface area contributed by atoms with Gasteiger partial charge >= 0.3 is 0 Å². The molecule has 3 nitrogen and oxygen atoms in total. The average Bonchev–Trinajstić information content (AvgIpc) is 2.71. The lowest BCUT2D eigenvalue weighted by molar-refractivity contribution is 0.324. The summed E-state index contributed by atoms with van der Waals surface area (Å²) in [7, 11) is 0. The number of rotatable bonds is 4. The first-order valence-corrected chi connectivity index (χ1v) is 6.42. The number of aromatic hydroxyl groups is 2. The SMILES string of the molecule is CCCN1CCC(Cc2ccc(O)cc2O)C1. The van der Waals surface area contributed by atoms with Crippen molar-refractivity contribution in [3.05, 3.63) is 23.8 Å². The van der Waals surface area contributed by atoms with Gasteiger partial charge in [-0.2, -0.15) is 0 Å². The van der Waals surface area contributed by atoms with Crippen molar-refractivity contribution in [1.29, 1.82) is 0 Å². The fourth-order valence-electron chi connectivity index (χ4n) is 2.63. The minimum atomic E-state index is 0.130. The van der Waals surface area contributed by atoms with E-state index in [0.717, 1.165) is 18.5 Å². The third-order valence-electron chi connectivity index (χ3n) is 3.49. The Kier molecular flexibility index (Phi) is 3.89. The number of hydrogen-bond donors (Lipinski definition) is 2. The van der Waals surface area contributed by atoms with E-state index in [1.54, 1.807) is 6.07 Å². The highest BCUT2D eigenvalue weighted by Gasteiger charge is 2.22. The van der Waals surface area contributed by atoms with E-state index >= 15 is 0 Å². The molecule has 1 unspecified atom stereocenters. The van der Waals surface area contributed by atoms with E-state index < -0.39 is 0 Å². The third-order valence-corrected chi connectivity index (χ3v) is 3.49. The van der Waals surface area contributed by atoms with Gasteiger partial charge < -0.3 is 15.1 Å². The zero-order valence-corrected chi connectivity index (χ0v) is 10.4. The van der Waals surface area contributed by atoms with E-state index in [9.17, 15) is 10.2 Å². The highest BCUT2D eigenvalue weighted by molar-refractivity contribution is 5.39. The van der Waals surface area contributed by atoms with Gasteiger partial charge in [0.05, 0.1) is 0 Å². The first-order chi connectivity index (χ1) is 8.19. The Morgan fingerprint density at radius 1 is 1.35 bits per heavy atom. The van der Waals surface area contributed by atoms with Crippen molar-refractivity contribution in [1.82, 2.24) is 4.90 Å². The molecule has 0 radical (unpaired) electrons. The molecule has 2 N–H and O–H groups in total. The molecule has 2 rings (SSSR count). The minimum absolute atomic E-state index is 0.130. The Labute approximate surface area is 103 Å². The largest absolute Gasteiger partial charge is 0.508 e. The van der Waals surface area contributed by atoms with Crippen LogP contribution < -0.4 is 0 Å². The standard InChI is InChI=1S/C14H21NO2/c1-2-6-15-7-5-11(10-15)8-12-3-4-13(16)9-14(12)17/h3-4,9,11,16-17H,2,5-8,10H2,1H3. The topological polar surface area (TPSA) is 43.7 Å². The highest BCUT2D eigenvalue weighted by atomic mass is 16.3. The molecule has 1 aliphatic heterocycles. The summed E-state index contributed by atoms with van der Waals surface area (Å²) in [5, 5.41) is 19.0. The number of likely N-dealkylation sites (tertiary alicyclic amines) is 1. The summed E-state index contributed by atoms with van der Waals surface area (Å²) < 4.78 is 0. The smallest absolute Gasteiger partial charge is 0.122 e. The normalized spacial score (nSPS) is 20.9. The Hall–Kier alpha value is -1.22. The van der Waals surface area contributed by atoms with Crippen LogP contribution in [0.3, 0.4) is 0 Å². The number of nitrogens with zero attached hydrogens (tertiary/aromatic N) is 1. The second-order valence-electron chi connectivity index (χ2n) is 4.97. The van der Waals surface area contributed by atoms with E-state index in [1.165, 1.54) is 32.0 Å². The number of benzene rings is 1. The van der Waals surface area contributed by atoms with Gasteiger partial charge in [-0.05, 0) is 49.9 Å². The summed E-state index contributed by atoms with van der Waals surface area (Å²) in [4.78, 5) is 2.49. The molecule has 1 aromatic carbocycles. The van der Waals surface area contributed by atoms with Crippen molar-refractivity contribution >= 4 is 0 Å². The monoisotopic (exact) mass is 235 g/mol. The maximum absolute atomic E-state index is 9.75. The first kappa shape index (κ1) is 12.2. The van der Waals surface area contributed by atoms with E-state index in [-0.39, 0.29) is 11.5 Å². The molecule has 1 aliphatic rings. The van der Waals surface area contributed by atoms with Crippen molar-refractivity contribution in [3.63, 3.8) is 0 Å². The molecule has 1 heterocycles. The van der Waals surface area contributed by atoms with Crippen LogP contribution in [0.4, 0.5) is 0 Å². The predicted molar refractivity (Wildman–Crippen MR) is 68.3 cm³/mol. The van der Waals surface area contributed by atoms with Crippen molar-refractivity contribution in [2.75, 3.05) is 19.6 Å². The molecule has 0 amide bonds. The number of hydrogen-bond acceptors (Lipinski definition) is 3. The summed E-state index contributed by atoms with van der Waals surface area (Å²) >= 11 is 0. The molecule has 94 valence electrons. The van der Waals surface area contributed by atoms with Crippen LogP contribution in [0.2, 0.25) is 0 Å². The van der Waals surface area contributed by atoms with Gasteiger partial charge in [0.25, 0.3) is 0 Å². The summed E-state index contributed by atoms with van der Waals surface area (Å²) in [6, 6.07) is 4.90. The van der Waals surface area contributed by atoms with Gasteiger partial charge in [-0.1, -0.05) is 13.0 Å². The molecule has 0 spiro atoms. The zero-order chi connectivity index (χ0) is 12.3. The fraction of sp³-hybridized carbons (Fsp3) is 0.571. The lowest BCUT2D eigenvalue weighted by atomic mass is 9.98. The lowest BCUT2D eigenvalue weighted by Crippen LogP contribution is -2.21. The minimum Gasteiger partial charge on any atom is -0.508 e. The van der Waals surface area contributed by atoms with Crippen LogP contribution in [0.1, 0.15) is 25.3 Å². The maximum atomic E-state index is 9.75. The molecular formula is C14H21NO2. The second kappa shape index (κ2) is 5.41. The van der Waals surface area contributed by atoms with Gasteiger partial charge in [0.1, 0.15) is 11.5 Å². The Morgan fingerprint density at radius 2 is 2.18 bits per heavy atom. The van der Waals surface area contributed by atoms with Gasteiger partial charge in [0.15, 0.2) is 0 Å². The van der Waals surface area contributed by atoms with Crippen molar-refractivity contribution in [3.8, 4) is 11.5 Å². The van der Waals surface area contributed by atoms with Crippen molar-refractivity contribution in [2.24, 2.45) is 5.92 Å². The summed E-state index contributed by atoms with van der Waals surface area (Å²) in [6.07, 6.45) is 3.32. The average molecular weight is 235 g/mol. The zero-order valence-electron chi connectivity index (χ0n) is 10.4. The maximum Gasteiger partial charge on any atom is 0.122 e. The Bertz CT molecular complexity index is 378. The molecular weight excluding hydrogens is 214 g/mol. The van der Waals surface area contributed by atoms with Crippen LogP contribution >= 0.6 is 0 Å². The van der Waals surface area contributed by atoms with Crippen molar-refractivity contribution < 1.29 is 10.2 Å². The predicted octanol–water partition coefficient (Wildman–Crippen LogP) is 2.37. The number of phenols is 2. The lowest BCUT2D eigenvalue weighted by Gasteiger charge is -2.15. The van der Waals surface area contributed by atoms with Gasteiger partial charge in [0, 0.05) is 12.6 Å². The second-order valence-corrected chi connectivity index (χ2v) is 4.97. The highest BCUT2D eigenvalue weighted by Crippen LogP contribution is 2.28. The van der Waals surface area contributed by atoms with Crippen LogP contribution in [-0.4, -0.2) is 34.7 Å². The molecule has 1 atom stereocenters. The van der Waals surface area contributed by atoms with Gasteiger partial charge in [-0.15, -0.1) is 0 Å². The molecule has 1 fully saturated rings. The molecule has 0 aromatic heterocycles. The summed E-state index contributed by atoms with van der Waals surface area (Å²) in [6.45, 7) is 5.70. The van der Waals surface area contributed by atoms with Crippen LogP contribution in [-0.2, 0) is 6.42 Å². The van der Waals surface area contributed by atoms with E-state index in [1.807, 2.05) is 6.07 Å². The molecule has 1 saturated heterocycles. The molecule has 3 heteroatoms. The first-order valence-electron chi connectivity index (χ1n) is 6.42. The van der Waals surface area contributed by atoms with E-state index in [2.05, 4.69) is 11.8 Å². The van der Waals surface area contributed by atoms with Crippen LogP contribution in [0.15, 0.2) is 18.2 Å². The molecule has 0 aliphatic carbocycles. The molecule has 0 saturated carbocycles. The molecule has 0 bridgehead atoms. The van der Waals surface area contributed by atoms with E-state index in [4.69, 9.17) is 0 Å². The van der Waals surface area contributed by atoms with Gasteiger partial charge in [0.2, 0.25) is 0 Å². The third kappa shape index (κ3) is 3.13. The van der Waals surface area contributed by atoms with E-state index in [0.29, 0.717) is 5.92 Å². The quantitative estimate of drug-likeness (QED) is 0.842. The summed E-state index contributed by atoms with van der Waals surface area (Å²) in [5.74, 6) is 0.987. The Morgan fingerprint density at radius 3 is 2.88 bits per heavy atom. The summed E-state index contributed by atoms with van der Waals surface area (Å²) in [5.41, 5.74) is 0.950. The van der Waals surface area contributed by atoms with Gasteiger partial charge in [-0.3, -0.25) is 0 Å². The van der Waals surface area contributed by atoms with Crippen molar-refractivity contribution in [2.45, 2.75) is 26.2 Å². The van der Waals surface area contributed by atoms with Crippen LogP contribution in [0.25, 0.3) is 0 Å². The Balaban J connectivity index is 1.93. The molecule has 1 aromatic rings. The fourth-order valence-corrected chi connectivity index (χ4v) is 2.63. The van der Waals surface area contributed by atoms with Crippen LogP contribution in [0.5, 0.6) is 11.5 Å². The molecule has 17 heavy (non-hydrogen) atoms. The number of phenolic OH excluding ortho intramolecular Hbond substituents is 2. The van der Waals surface area contributed by atoms with Gasteiger partial charge in [-0.25, -0.2) is 0 Å².